The normalized spacial score (nSPS) is 10.4. The van der Waals surface area contributed by atoms with Crippen LogP contribution in [0.25, 0.3) is 11.3 Å². The van der Waals surface area contributed by atoms with Gasteiger partial charge in [0.05, 0.1) is 5.69 Å². The average Bonchev–Trinajstić information content (AvgIpc) is 2.94. The summed E-state index contributed by atoms with van der Waals surface area (Å²) in [7, 11) is 0. The minimum absolute atomic E-state index is 0.870. The van der Waals surface area contributed by atoms with Crippen LogP contribution in [0.5, 0.6) is 0 Å². The van der Waals surface area contributed by atoms with Crippen LogP contribution in [0, 0.1) is 0 Å². The molecule has 2 nitrogen and oxygen atoms in total. The van der Waals surface area contributed by atoms with Gasteiger partial charge in [0, 0.05) is 30.7 Å². The second-order valence-corrected chi connectivity index (χ2v) is 4.27. The van der Waals surface area contributed by atoms with Crippen LogP contribution in [0.3, 0.4) is 0 Å². The Morgan fingerprint density at radius 2 is 1.61 bits per heavy atom. The Morgan fingerprint density at radius 3 is 2.28 bits per heavy atom. The van der Waals surface area contributed by atoms with E-state index in [1.807, 2.05) is 36.5 Å². The SMILES string of the molecule is c1ccc(-c2ccc(Cn3cccc3)cn2)cc1. The lowest BCUT2D eigenvalue weighted by atomic mass is 10.1. The maximum atomic E-state index is 4.52. The van der Waals surface area contributed by atoms with E-state index in [4.69, 9.17) is 0 Å². The van der Waals surface area contributed by atoms with Crippen LogP contribution in [-0.4, -0.2) is 9.55 Å². The van der Waals surface area contributed by atoms with Crippen LogP contribution in [-0.2, 0) is 6.54 Å². The van der Waals surface area contributed by atoms with Crippen LogP contribution in [0.1, 0.15) is 5.56 Å². The Hall–Kier alpha value is -2.35. The summed E-state index contributed by atoms with van der Waals surface area (Å²) in [5.41, 5.74) is 3.39. The summed E-state index contributed by atoms with van der Waals surface area (Å²) < 4.78 is 2.14. The smallest absolute Gasteiger partial charge is 0.0702 e. The van der Waals surface area contributed by atoms with Crippen molar-refractivity contribution in [2.24, 2.45) is 0 Å². The standard InChI is InChI=1S/C16H14N2/c1-2-6-15(7-3-1)16-9-8-14(12-17-16)13-18-10-4-5-11-18/h1-12H,13H2. The zero-order valence-electron chi connectivity index (χ0n) is 10.0. The first kappa shape index (κ1) is 10.8. The van der Waals surface area contributed by atoms with Crippen molar-refractivity contribution < 1.29 is 0 Å². The van der Waals surface area contributed by atoms with Gasteiger partial charge >= 0.3 is 0 Å². The molecule has 0 saturated carbocycles. The number of rotatable bonds is 3. The number of pyridine rings is 1. The van der Waals surface area contributed by atoms with Gasteiger partial charge in [0.25, 0.3) is 0 Å². The molecular formula is C16H14N2. The summed E-state index contributed by atoms with van der Waals surface area (Å²) in [4.78, 5) is 4.52. The molecular weight excluding hydrogens is 220 g/mol. The van der Waals surface area contributed by atoms with Crippen LogP contribution in [0.2, 0.25) is 0 Å². The minimum Gasteiger partial charge on any atom is -0.350 e. The molecule has 3 aromatic rings. The zero-order chi connectivity index (χ0) is 12.2. The van der Waals surface area contributed by atoms with E-state index in [0.29, 0.717) is 0 Å². The lowest BCUT2D eigenvalue weighted by molar-refractivity contribution is 0.802. The van der Waals surface area contributed by atoms with E-state index in [-0.39, 0.29) is 0 Å². The molecule has 0 amide bonds. The molecule has 0 fully saturated rings. The molecule has 0 spiro atoms. The molecule has 88 valence electrons. The molecule has 0 aliphatic heterocycles. The fourth-order valence-corrected chi connectivity index (χ4v) is 1.98. The van der Waals surface area contributed by atoms with Crippen molar-refractivity contribution in [3.05, 3.63) is 78.8 Å². The molecule has 2 heterocycles. The second kappa shape index (κ2) is 4.88. The molecule has 2 heteroatoms. The van der Waals surface area contributed by atoms with E-state index in [1.165, 1.54) is 5.56 Å². The molecule has 0 saturated heterocycles. The molecule has 18 heavy (non-hydrogen) atoms. The first-order valence-corrected chi connectivity index (χ1v) is 6.03. The molecule has 0 bridgehead atoms. The van der Waals surface area contributed by atoms with E-state index in [1.54, 1.807) is 0 Å². The first-order valence-electron chi connectivity index (χ1n) is 6.03. The molecule has 0 unspecified atom stereocenters. The predicted molar refractivity (Wildman–Crippen MR) is 73.2 cm³/mol. The zero-order valence-corrected chi connectivity index (χ0v) is 10.0. The highest BCUT2D eigenvalue weighted by molar-refractivity contribution is 5.58. The monoisotopic (exact) mass is 234 g/mol. The van der Waals surface area contributed by atoms with Crippen molar-refractivity contribution in [2.45, 2.75) is 6.54 Å². The van der Waals surface area contributed by atoms with Crippen LogP contribution >= 0.6 is 0 Å². The van der Waals surface area contributed by atoms with Gasteiger partial charge in [-0.1, -0.05) is 36.4 Å². The first-order chi connectivity index (χ1) is 8.92. The van der Waals surface area contributed by atoms with E-state index in [0.717, 1.165) is 17.8 Å². The number of benzene rings is 1. The van der Waals surface area contributed by atoms with Gasteiger partial charge in [-0.05, 0) is 23.8 Å². The summed E-state index contributed by atoms with van der Waals surface area (Å²) in [6.07, 6.45) is 6.07. The Morgan fingerprint density at radius 1 is 0.833 bits per heavy atom. The summed E-state index contributed by atoms with van der Waals surface area (Å²) >= 11 is 0. The minimum atomic E-state index is 0.870. The fourth-order valence-electron chi connectivity index (χ4n) is 1.98. The summed E-state index contributed by atoms with van der Waals surface area (Å²) in [6.45, 7) is 0.870. The predicted octanol–water partition coefficient (Wildman–Crippen LogP) is 3.60. The van der Waals surface area contributed by atoms with E-state index in [2.05, 4.69) is 46.2 Å². The van der Waals surface area contributed by atoms with Crippen molar-refractivity contribution in [3.63, 3.8) is 0 Å². The molecule has 0 aliphatic carbocycles. The average molecular weight is 234 g/mol. The number of aromatic nitrogens is 2. The van der Waals surface area contributed by atoms with E-state index in [9.17, 15) is 0 Å². The van der Waals surface area contributed by atoms with Gasteiger partial charge < -0.3 is 4.57 Å². The topological polar surface area (TPSA) is 17.8 Å². The lowest BCUT2D eigenvalue weighted by Gasteiger charge is -2.04. The van der Waals surface area contributed by atoms with E-state index >= 15 is 0 Å². The van der Waals surface area contributed by atoms with Crippen LogP contribution in [0.15, 0.2) is 73.2 Å². The van der Waals surface area contributed by atoms with Gasteiger partial charge in [-0.25, -0.2) is 0 Å². The third-order valence-corrected chi connectivity index (χ3v) is 2.93. The summed E-state index contributed by atoms with van der Waals surface area (Å²) in [5.74, 6) is 0. The highest BCUT2D eigenvalue weighted by Crippen LogP contribution is 2.16. The van der Waals surface area contributed by atoms with Gasteiger partial charge in [0.15, 0.2) is 0 Å². The Bertz CT molecular complexity index is 595. The molecule has 3 rings (SSSR count). The van der Waals surface area contributed by atoms with Gasteiger partial charge in [0.2, 0.25) is 0 Å². The van der Waals surface area contributed by atoms with Gasteiger partial charge in [-0.15, -0.1) is 0 Å². The Kier molecular flexibility index (Phi) is 2.92. The Balaban J connectivity index is 1.81. The van der Waals surface area contributed by atoms with Crippen molar-refractivity contribution in [1.29, 1.82) is 0 Å². The third kappa shape index (κ3) is 2.33. The van der Waals surface area contributed by atoms with Crippen molar-refractivity contribution in [2.75, 3.05) is 0 Å². The van der Waals surface area contributed by atoms with Gasteiger partial charge in [0.1, 0.15) is 0 Å². The molecule has 0 radical (unpaired) electrons. The highest BCUT2D eigenvalue weighted by Gasteiger charge is 1.99. The quantitative estimate of drug-likeness (QED) is 0.677. The van der Waals surface area contributed by atoms with E-state index < -0.39 is 0 Å². The molecule has 0 N–H and O–H groups in total. The van der Waals surface area contributed by atoms with Crippen molar-refractivity contribution in [1.82, 2.24) is 9.55 Å². The van der Waals surface area contributed by atoms with Crippen molar-refractivity contribution >= 4 is 0 Å². The highest BCUT2D eigenvalue weighted by atomic mass is 14.9. The van der Waals surface area contributed by atoms with Crippen LogP contribution < -0.4 is 0 Å². The number of hydrogen-bond donors (Lipinski definition) is 0. The second-order valence-electron chi connectivity index (χ2n) is 4.27. The van der Waals surface area contributed by atoms with Gasteiger partial charge in [-0.3, -0.25) is 4.98 Å². The van der Waals surface area contributed by atoms with Crippen molar-refractivity contribution in [3.8, 4) is 11.3 Å². The molecule has 0 aliphatic rings. The summed E-state index contributed by atoms with van der Waals surface area (Å²) in [6, 6.07) is 18.5. The number of nitrogens with zero attached hydrogens (tertiary/aromatic N) is 2. The van der Waals surface area contributed by atoms with Gasteiger partial charge in [-0.2, -0.15) is 0 Å². The molecule has 0 atom stereocenters. The lowest BCUT2D eigenvalue weighted by Crippen LogP contribution is -1.96. The molecule has 1 aromatic carbocycles. The fraction of sp³-hybridized carbons (Fsp3) is 0.0625. The largest absolute Gasteiger partial charge is 0.350 e. The summed E-state index contributed by atoms with van der Waals surface area (Å²) in [5, 5.41) is 0. The molecule has 2 aromatic heterocycles. The third-order valence-electron chi connectivity index (χ3n) is 2.93. The number of hydrogen-bond acceptors (Lipinski definition) is 1. The Labute approximate surface area is 107 Å². The van der Waals surface area contributed by atoms with Crippen LogP contribution in [0.4, 0.5) is 0 Å². The maximum absolute atomic E-state index is 4.52. The maximum Gasteiger partial charge on any atom is 0.0702 e.